The number of rotatable bonds is 4. The maximum absolute atomic E-state index is 13.8. The normalized spacial score (nSPS) is 28.6. The van der Waals surface area contributed by atoms with Crippen molar-refractivity contribution in [3.05, 3.63) is 60.2 Å². The number of benzene rings is 2. The second-order valence-corrected chi connectivity index (χ2v) is 5.82. The summed E-state index contributed by atoms with van der Waals surface area (Å²) in [7, 11) is 0. The van der Waals surface area contributed by atoms with Gasteiger partial charge in [-0.3, -0.25) is 0 Å². The van der Waals surface area contributed by atoms with Crippen LogP contribution in [0, 0.1) is 5.82 Å². The molecule has 0 atom stereocenters. The fraction of sp³-hybridized carbons (Fsp3) is 0.300. The zero-order valence-corrected chi connectivity index (χ0v) is 14.4. The highest BCUT2D eigenvalue weighted by Crippen LogP contribution is 2.35. The lowest BCUT2D eigenvalue weighted by Crippen LogP contribution is -2.29. The van der Waals surface area contributed by atoms with Crippen LogP contribution < -0.4 is 10.2 Å². The summed E-state index contributed by atoms with van der Waals surface area (Å²) in [4.78, 5) is 3.71. The second kappa shape index (κ2) is 7.73. The molecule has 1 fully saturated rings. The van der Waals surface area contributed by atoms with Gasteiger partial charge in [0.2, 0.25) is 5.95 Å². The van der Waals surface area contributed by atoms with Gasteiger partial charge in [0.1, 0.15) is 12.1 Å². The number of alkyl halides is 3. The molecule has 1 N–H and O–H groups in total. The molecule has 2 aromatic carbocycles. The minimum atomic E-state index is -5.07. The minimum absolute atomic E-state index is 0.166. The average Bonchev–Trinajstić information content (AvgIpc) is 3.25. The highest BCUT2D eigenvalue weighted by Gasteiger charge is 2.32. The van der Waals surface area contributed by atoms with Gasteiger partial charge in [-0.15, -0.1) is 5.10 Å². The molecule has 3 aromatic rings. The van der Waals surface area contributed by atoms with E-state index in [0.29, 0.717) is 12.1 Å². The number of aromatic nitrogens is 3. The molecule has 4 rings (SSSR count). The third-order valence-corrected chi connectivity index (χ3v) is 3.78. The average molecular weight is 415 g/mol. The monoisotopic (exact) mass is 415 g/mol. The Morgan fingerprint density at radius 3 is 2.52 bits per heavy atom. The molecule has 0 amide bonds. The van der Waals surface area contributed by atoms with Crippen LogP contribution in [0.5, 0.6) is 0 Å². The van der Waals surface area contributed by atoms with Gasteiger partial charge in [0, 0.05) is 38.1 Å². The number of anilines is 3. The molecule has 1 aliphatic heterocycles. The number of nitrogens with zero attached hydrogens (tertiary/aromatic N) is 4. The summed E-state index contributed by atoms with van der Waals surface area (Å²) in [6, 6.07) is 6.81. The van der Waals surface area contributed by atoms with Crippen molar-refractivity contribution in [2.24, 2.45) is 0 Å². The summed E-state index contributed by atoms with van der Waals surface area (Å²) in [5.41, 5.74) is -2.60. The standard InChI is InChI=1S/C20H19F4N5/c21-15-5-4-6-17(11-15)29-13-25-19(27-29)26-16-9-14(20(22,23)24)10-18(12-16)28-7-2-1-3-8-28/h4-6,9-13H,1-3,7-8H2,(H,26,27)/i1D2,2D2,3D2,7D2,8D2. The SMILES string of the molecule is [2H]C1([2H])N(c2cc(Nc3ncn(-c4cccc(F)c4)n3)cc(C(F)(F)F)c2)C([2H])([2H])C([2H])([2H])C([2H])([2H])C1([2H])[2H]. The zero-order chi connectivity index (χ0) is 29.4. The lowest BCUT2D eigenvalue weighted by molar-refractivity contribution is -0.137. The lowest BCUT2D eigenvalue weighted by Gasteiger charge is -2.29. The molecule has 2 heterocycles. The van der Waals surface area contributed by atoms with Crippen molar-refractivity contribution in [1.29, 1.82) is 0 Å². The molecule has 0 aliphatic carbocycles. The molecule has 29 heavy (non-hydrogen) atoms. The zero-order valence-electron chi connectivity index (χ0n) is 24.4. The largest absolute Gasteiger partial charge is 0.416 e. The summed E-state index contributed by atoms with van der Waals surface area (Å²) >= 11 is 0. The number of piperidine rings is 1. The van der Waals surface area contributed by atoms with Crippen LogP contribution in [0.2, 0.25) is 0 Å². The van der Waals surface area contributed by atoms with Gasteiger partial charge in [-0.1, -0.05) is 6.07 Å². The van der Waals surface area contributed by atoms with Gasteiger partial charge >= 0.3 is 6.18 Å². The first kappa shape index (κ1) is 10.6. The number of halogens is 4. The van der Waals surface area contributed by atoms with Crippen LogP contribution in [-0.4, -0.2) is 27.8 Å². The van der Waals surface area contributed by atoms with E-state index in [1.807, 2.05) is 0 Å². The summed E-state index contributed by atoms with van der Waals surface area (Å²) in [5, 5.41) is 6.43. The quantitative estimate of drug-likeness (QED) is 0.598. The van der Waals surface area contributed by atoms with E-state index in [1.165, 1.54) is 18.2 Å². The third-order valence-electron chi connectivity index (χ3n) is 3.78. The van der Waals surface area contributed by atoms with Gasteiger partial charge < -0.3 is 10.2 Å². The van der Waals surface area contributed by atoms with Crippen LogP contribution in [0.25, 0.3) is 5.69 Å². The summed E-state index contributed by atoms with van der Waals surface area (Å²) in [6.07, 6.45) is -15.1. The molecule has 1 aromatic heterocycles. The van der Waals surface area contributed by atoms with E-state index in [4.69, 9.17) is 13.7 Å². The van der Waals surface area contributed by atoms with Crippen molar-refractivity contribution in [3.8, 4) is 5.69 Å². The predicted octanol–water partition coefficient (Wildman–Crippen LogP) is 5.16. The van der Waals surface area contributed by atoms with E-state index < -0.39 is 61.0 Å². The van der Waals surface area contributed by atoms with E-state index >= 15 is 0 Å². The molecule has 0 radical (unpaired) electrons. The predicted molar refractivity (Wildman–Crippen MR) is 102 cm³/mol. The summed E-state index contributed by atoms with van der Waals surface area (Å²) < 4.78 is 137. The van der Waals surface area contributed by atoms with Crippen molar-refractivity contribution in [2.75, 3.05) is 23.2 Å². The molecule has 1 saturated heterocycles. The first-order valence-corrected chi connectivity index (χ1v) is 8.12. The summed E-state index contributed by atoms with van der Waals surface area (Å²) in [5.74, 6) is -0.884. The Morgan fingerprint density at radius 1 is 1.00 bits per heavy atom. The molecule has 0 spiro atoms. The molecule has 152 valence electrons. The van der Waals surface area contributed by atoms with E-state index in [-0.39, 0.29) is 16.5 Å². The number of hydrogen-bond donors (Lipinski definition) is 1. The first-order valence-electron chi connectivity index (χ1n) is 13.1. The van der Waals surface area contributed by atoms with Crippen LogP contribution in [0.1, 0.15) is 38.4 Å². The topological polar surface area (TPSA) is 46.0 Å². The minimum Gasteiger partial charge on any atom is -0.371 e. The molecular weight excluding hydrogens is 386 g/mol. The molecule has 0 saturated carbocycles. The van der Waals surface area contributed by atoms with Crippen molar-refractivity contribution in [3.63, 3.8) is 0 Å². The van der Waals surface area contributed by atoms with Gasteiger partial charge in [-0.2, -0.15) is 18.2 Å². The van der Waals surface area contributed by atoms with Crippen molar-refractivity contribution >= 4 is 17.3 Å². The van der Waals surface area contributed by atoms with Gasteiger partial charge in [0.15, 0.2) is 0 Å². The Morgan fingerprint density at radius 2 is 1.79 bits per heavy atom. The Bertz CT molecular complexity index is 1380. The fourth-order valence-electron chi connectivity index (χ4n) is 2.52. The van der Waals surface area contributed by atoms with E-state index in [9.17, 15) is 17.6 Å². The number of hydrogen-bond acceptors (Lipinski definition) is 4. The highest BCUT2D eigenvalue weighted by atomic mass is 19.4. The molecule has 9 heteroatoms. The van der Waals surface area contributed by atoms with Gasteiger partial charge in [-0.25, -0.2) is 9.07 Å². The van der Waals surface area contributed by atoms with E-state index in [2.05, 4.69) is 15.4 Å². The van der Waals surface area contributed by atoms with Crippen molar-refractivity contribution in [1.82, 2.24) is 14.8 Å². The van der Waals surface area contributed by atoms with Crippen LogP contribution >= 0.6 is 0 Å². The Hall–Kier alpha value is -3.10. The van der Waals surface area contributed by atoms with Crippen LogP contribution in [0.3, 0.4) is 0 Å². The van der Waals surface area contributed by atoms with Gasteiger partial charge in [0.05, 0.1) is 11.3 Å². The molecule has 5 nitrogen and oxygen atoms in total. The smallest absolute Gasteiger partial charge is 0.371 e. The van der Waals surface area contributed by atoms with E-state index in [1.54, 1.807) is 0 Å². The van der Waals surface area contributed by atoms with Gasteiger partial charge in [-0.05, 0) is 55.5 Å². The fourth-order valence-corrected chi connectivity index (χ4v) is 2.52. The molecular formula is C20H19F4N5. The van der Waals surface area contributed by atoms with Gasteiger partial charge in [0.25, 0.3) is 0 Å². The molecule has 1 aliphatic rings. The second-order valence-electron chi connectivity index (χ2n) is 5.82. The molecule has 0 bridgehead atoms. The van der Waals surface area contributed by atoms with Crippen LogP contribution in [0.4, 0.5) is 34.9 Å². The maximum Gasteiger partial charge on any atom is 0.416 e. The van der Waals surface area contributed by atoms with Crippen LogP contribution in [-0.2, 0) is 6.18 Å². The highest BCUT2D eigenvalue weighted by molar-refractivity contribution is 5.64. The Balaban J connectivity index is 1.84. The van der Waals surface area contributed by atoms with Crippen molar-refractivity contribution in [2.45, 2.75) is 25.3 Å². The number of nitrogens with one attached hydrogen (secondary N) is 1. The first-order chi connectivity index (χ1) is 17.6. The summed E-state index contributed by atoms with van der Waals surface area (Å²) in [6.45, 7) is -7.35. The maximum atomic E-state index is 13.8. The van der Waals surface area contributed by atoms with Crippen molar-refractivity contribution < 1.29 is 31.3 Å². The Labute approximate surface area is 179 Å². The molecule has 0 unspecified atom stereocenters. The van der Waals surface area contributed by atoms with E-state index in [0.717, 1.165) is 23.1 Å². The Kier molecular flexibility index (Phi) is 2.83. The van der Waals surface area contributed by atoms with Crippen LogP contribution in [0.15, 0.2) is 48.8 Å². The third kappa shape index (κ3) is 4.49. The lowest BCUT2D eigenvalue weighted by atomic mass is 10.1.